The molecule has 0 saturated carbocycles. The largest absolute Gasteiger partial charge is 0.311 e. The minimum absolute atomic E-state index is 0.00391. The fourth-order valence-electron chi connectivity index (χ4n) is 4.28. The summed E-state index contributed by atoms with van der Waals surface area (Å²) >= 11 is 1.15. The smallest absolute Gasteiger partial charge is 0.269 e. The van der Waals surface area contributed by atoms with E-state index in [0.717, 1.165) is 17.3 Å². The lowest BCUT2D eigenvalue weighted by atomic mass is 10.0. The van der Waals surface area contributed by atoms with Gasteiger partial charge in [-0.05, 0) is 60.9 Å². The van der Waals surface area contributed by atoms with Crippen LogP contribution in [-0.2, 0) is 11.2 Å². The second-order valence-corrected chi connectivity index (χ2v) is 9.16. The predicted octanol–water partition coefficient (Wildman–Crippen LogP) is 4.24. The Kier molecular flexibility index (Phi) is 6.23. The molecule has 9 nitrogen and oxygen atoms in total. The number of nitro groups is 1. The summed E-state index contributed by atoms with van der Waals surface area (Å²) in [6, 6.07) is 20.2. The van der Waals surface area contributed by atoms with Crippen LogP contribution < -0.4 is 10.5 Å². The summed E-state index contributed by atoms with van der Waals surface area (Å²) in [5, 5.41) is 21.1. The Bertz CT molecular complexity index is 1610. The molecule has 0 aliphatic carbocycles. The molecule has 5 rings (SSSR count). The van der Waals surface area contributed by atoms with Gasteiger partial charge in [0.25, 0.3) is 11.2 Å². The molecular formula is C26H19N5O4S. The zero-order valence-electron chi connectivity index (χ0n) is 19.0. The van der Waals surface area contributed by atoms with E-state index in [1.807, 2.05) is 0 Å². The number of benzene rings is 3. The number of fused-ring (bicyclic) bond motifs is 2. The molecule has 2 heterocycles. The number of carbonyl (C=O) groups excluding carboxylic acids is 1. The number of aryl methyl sites for hydroxylation is 1. The lowest BCUT2D eigenvalue weighted by Gasteiger charge is -2.29. The summed E-state index contributed by atoms with van der Waals surface area (Å²) in [6.07, 6.45) is 1.37. The van der Waals surface area contributed by atoms with Gasteiger partial charge < -0.3 is 4.90 Å². The van der Waals surface area contributed by atoms with Crippen molar-refractivity contribution >= 4 is 39.9 Å². The summed E-state index contributed by atoms with van der Waals surface area (Å²) in [7, 11) is 0. The van der Waals surface area contributed by atoms with Crippen molar-refractivity contribution in [2.45, 2.75) is 18.0 Å². The summed E-state index contributed by atoms with van der Waals surface area (Å²) < 4.78 is 1.45. The molecule has 0 saturated heterocycles. The second kappa shape index (κ2) is 9.64. The second-order valence-electron chi connectivity index (χ2n) is 8.22. The van der Waals surface area contributed by atoms with Crippen LogP contribution in [0.2, 0.25) is 0 Å². The molecule has 0 N–H and O–H groups in total. The molecule has 0 fully saturated rings. The Hall–Kier alpha value is -4.49. The van der Waals surface area contributed by atoms with Crippen molar-refractivity contribution in [3.05, 3.63) is 98.3 Å². The van der Waals surface area contributed by atoms with Crippen molar-refractivity contribution in [2.24, 2.45) is 0 Å². The van der Waals surface area contributed by atoms with Crippen LogP contribution in [0, 0.1) is 21.4 Å². The number of hydrogen-bond donors (Lipinski definition) is 0. The van der Waals surface area contributed by atoms with E-state index in [2.05, 4.69) is 11.1 Å². The zero-order valence-corrected chi connectivity index (χ0v) is 19.8. The van der Waals surface area contributed by atoms with E-state index in [1.165, 1.54) is 16.7 Å². The van der Waals surface area contributed by atoms with E-state index in [4.69, 9.17) is 5.26 Å². The van der Waals surface area contributed by atoms with Gasteiger partial charge in [0.15, 0.2) is 5.16 Å². The maximum absolute atomic E-state index is 13.4. The maximum Gasteiger partial charge on any atom is 0.269 e. The highest BCUT2D eigenvalue weighted by Crippen LogP contribution is 2.31. The molecule has 4 aromatic rings. The van der Waals surface area contributed by atoms with Gasteiger partial charge in [-0.25, -0.2) is 4.98 Å². The number of non-ortho nitro benzene ring substituents is 1. The fourth-order valence-corrected chi connectivity index (χ4v) is 5.17. The Labute approximate surface area is 209 Å². The van der Waals surface area contributed by atoms with E-state index >= 15 is 0 Å². The first kappa shape index (κ1) is 23.3. The van der Waals surface area contributed by atoms with E-state index in [0.29, 0.717) is 52.4 Å². The molecule has 36 heavy (non-hydrogen) atoms. The Morgan fingerprint density at radius 1 is 1.14 bits per heavy atom. The normalized spacial score (nSPS) is 12.7. The minimum Gasteiger partial charge on any atom is -0.311 e. The van der Waals surface area contributed by atoms with Gasteiger partial charge in [0.05, 0.1) is 38.9 Å². The zero-order chi connectivity index (χ0) is 25.2. The van der Waals surface area contributed by atoms with Crippen LogP contribution in [0.3, 0.4) is 0 Å². The van der Waals surface area contributed by atoms with Crippen LogP contribution in [0.5, 0.6) is 0 Å². The van der Waals surface area contributed by atoms with Gasteiger partial charge >= 0.3 is 0 Å². The van der Waals surface area contributed by atoms with Crippen LogP contribution in [-0.4, -0.2) is 32.7 Å². The van der Waals surface area contributed by atoms with Crippen molar-refractivity contribution in [1.82, 2.24) is 9.55 Å². The van der Waals surface area contributed by atoms with Crippen LogP contribution in [0.1, 0.15) is 17.5 Å². The summed E-state index contributed by atoms with van der Waals surface area (Å²) in [4.78, 5) is 43.6. The Morgan fingerprint density at radius 3 is 2.67 bits per heavy atom. The molecule has 1 aromatic heterocycles. The van der Waals surface area contributed by atoms with Crippen molar-refractivity contribution < 1.29 is 9.72 Å². The molecule has 1 aliphatic rings. The third kappa shape index (κ3) is 4.32. The fraction of sp³-hybridized carbons (Fsp3) is 0.154. The highest BCUT2D eigenvalue weighted by molar-refractivity contribution is 7.99. The van der Waals surface area contributed by atoms with E-state index in [1.54, 1.807) is 59.5 Å². The first-order valence-corrected chi connectivity index (χ1v) is 12.2. The van der Waals surface area contributed by atoms with Gasteiger partial charge in [-0.15, -0.1) is 0 Å². The van der Waals surface area contributed by atoms with Crippen LogP contribution >= 0.6 is 11.8 Å². The average molecular weight is 498 g/mol. The number of rotatable bonds is 5. The van der Waals surface area contributed by atoms with Crippen molar-refractivity contribution in [2.75, 3.05) is 17.2 Å². The predicted molar refractivity (Wildman–Crippen MR) is 137 cm³/mol. The lowest BCUT2D eigenvalue weighted by Crippen LogP contribution is -2.36. The Balaban J connectivity index is 1.48. The SMILES string of the molecule is N#Cc1ccc(-n2c(SCC(=O)N3CCCc4cc([N+](=O)[O-])ccc43)nc3ccccc3c2=O)cc1. The molecule has 3 aromatic carbocycles. The molecule has 178 valence electrons. The van der Waals surface area contributed by atoms with Gasteiger partial charge in [0.1, 0.15) is 0 Å². The lowest BCUT2D eigenvalue weighted by molar-refractivity contribution is -0.384. The number of amides is 1. The molecule has 10 heteroatoms. The van der Waals surface area contributed by atoms with Gasteiger partial charge in [-0.1, -0.05) is 23.9 Å². The summed E-state index contributed by atoms with van der Waals surface area (Å²) in [5.74, 6) is -0.152. The molecular weight excluding hydrogens is 478 g/mol. The Morgan fingerprint density at radius 2 is 1.92 bits per heavy atom. The molecule has 0 bridgehead atoms. The summed E-state index contributed by atoms with van der Waals surface area (Å²) in [5.41, 5.74) is 2.72. The number of nitro benzene ring substituents is 1. The van der Waals surface area contributed by atoms with Crippen molar-refractivity contribution in [3.63, 3.8) is 0 Å². The highest BCUT2D eigenvalue weighted by atomic mass is 32.2. The molecule has 1 aliphatic heterocycles. The minimum atomic E-state index is -0.440. The molecule has 0 spiro atoms. The van der Waals surface area contributed by atoms with E-state index in [-0.39, 0.29) is 22.9 Å². The number of nitrogens with zero attached hydrogens (tertiary/aromatic N) is 5. The number of nitriles is 1. The van der Waals surface area contributed by atoms with Gasteiger partial charge in [0, 0.05) is 24.4 Å². The van der Waals surface area contributed by atoms with Gasteiger partial charge in [0.2, 0.25) is 5.91 Å². The third-order valence-corrected chi connectivity index (χ3v) is 6.94. The number of thioether (sulfide) groups is 1. The molecule has 0 radical (unpaired) electrons. The van der Waals surface area contributed by atoms with Crippen LogP contribution in [0.15, 0.2) is 76.7 Å². The van der Waals surface area contributed by atoms with Crippen LogP contribution in [0.25, 0.3) is 16.6 Å². The van der Waals surface area contributed by atoms with E-state index < -0.39 is 4.92 Å². The number of anilines is 1. The molecule has 0 atom stereocenters. The van der Waals surface area contributed by atoms with E-state index in [9.17, 15) is 19.7 Å². The van der Waals surface area contributed by atoms with Gasteiger partial charge in [-0.3, -0.25) is 24.3 Å². The standard InChI is InChI=1S/C26H19N5O4S/c27-15-17-7-9-19(10-8-17)30-25(33)21-5-1-2-6-22(21)28-26(30)36-16-24(32)29-13-3-4-18-14-20(31(34)35)11-12-23(18)29/h1-2,5-12,14H,3-4,13,16H2. The monoisotopic (exact) mass is 497 g/mol. The highest BCUT2D eigenvalue weighted by Gasteiger charge is 2.25. The van der Waals surface area contributed by atoms with Crippen LogP contribution in [0.4, 0.5) is 11.4 Å². The number of aromatic nitrogens is 2. The van der Waals surface area contributed by atoms with Crippen molar-refractivity contribution in [3.8, 4) is 11.8 Å². The number of hydrogen-bond acceptors (Lipinski definition) is 7. The summed E-state index contributed by atoms with van der Waals surface area (Å²) in [6.45, 7) is 0.512. The van der Waals surface area contributed by atoms with Crippen molar-refractivity contribution in [1.29, 1.82) is 5.26 Å². The maximum atomic E-state index is 13.4. The average Bonchev–Trinajstić information content (AvgIpc) is 2.91. The first-order valence-electron chi connectivity index (χ1n) is 11.2. The molecule has 0 unspecified atom stereocenters. The first-order chi connectivity index (χ1) is 17.5. The third-order valence-electron chi connectivity index (χ3n) is 6.02. The molecule has 1 amide bonds. The number of para-hydroxylation sites is 1. The topological polar surface area (TPSA) is 122 Å². The number of carbonyl (C=O) groups is 1. The quantitative estimate of drug-likeness (QED) is 0.175. The van der Waals surface area contributed by atoms with Gasteiger partial charge in [-0.2, -0.15) is 5.26 Å².